The van der Waals surface area contributed by atoms with Crippen LogP contribution >= 0.6 is 0 Å². The van der Waals surface area contributed by atoms with E-state index in [0.717, 1.165) is 0 Å². The summed E-state index contributed by atoms with van der Waals surface area (Å²) in [5, 5.41) is 10.1. The number of hydrogen-bond acceptors (Lipinski definition) is 4. The molecular weight excluding hydrogens is 256 g/mol. The van der Waals surface area contributed by atoms with Gasteiger partial charge in [0.25, 0.3) is 0 Å². The van der Waals surface area contributed by atoms with Gasteiger partial charge in [-0.05, 0) is 31.9 Å². The smallest absolute Gasteiger partial charge is 0.342 e. The quantitative estimate of drug-likeness (QED) is 0.676. The summed E-state index contributed by atoms with van der Waals surface area (Å²) in [5.41, 5.74) is 0.599. The monoisotopic (exact) mass is 274 g/mol. The van der Waals surface area contributed by atoms with Crippen molar-refractivity contribution in [3.05, 3.63) is 47.0 Å². The molecule has 106 valence electrons. The van der Waals surface area contributed by atoms with Gasteiger partial charge in [-0.25, -0.2) is 4.79 Å². The van der Waals surface area contributed by atoms with Gasteiger partial charge in [-0.3, -0.25) is 4.79 Å². The fourth-order valence-corrected chi connectivity index (χ4v) is 2.21. The molecular formula is C16H18O4. The maximum Gasteiger partial charge on any atom is 0.342 e. The molecule has 1 N–H and O–H groups in total. The number of esters is 1. The molecule has 0 saturated heterocycles. The Morgan fingerprint density at radius 3 is 2.40 bits per heavy atom. The van der Waals surface area contributed by atoms with Crippen LogP contribution in [0.4, 0.5) is 0 Å². The first-order valence-electron chi connectivity index (χ1n) is 6.54. The van der Waals surface area contributed by atoms with E-state index in [0.29, 0.717) is 11.1 Å². The second-order valence-corrected chi connectivity index (χ2v) is 5.45. The van der Waals surface area contributed by atoms with Crippen molar-refractivity contribution in [2.45, 2.75) is 38.9 Å². The largest absolute Gasteiger partial charge is 0.451 e. The van der Waals surface area contributed by atoms with Crippen LogP contribution in [0.15, 0.2) is 41.5 Å². The Labute approximate surface area is 118 Å². The third-order valence-electron chi connectivity index (χ3n) is 3.67. The van der Waals surface area contributed by atoms with Gasteiger partial charge in [0.2, 0.25) is 0 Å². The van der Waals surface area contributed by atoms with E-state index >= 15 is 0 Å². The van der Waals surface area contributed by atoms with Crippen molar-refractivity contribution in [2.24, 2.45) is 0 Å². The molecule has 20 heavy (non-hydrogen) atoms. The molecule has 1 heterocycles. The highest BCUT2D eigenvalue weighted by Crippen LogP contribution is 2.33. The summed E-state index contributed by atoms with van der Waals surface area (Å²) in [6, 6.07) is 8.91. The minimum atomic E-state index is -0.916. The number of ketones is 1. The standard InChI is InChI=1S/C16H18O4/c1-10-14(15(19)20-16(10,2)3)13(18)9-12(17)11-7-5-4-6-8-11/h4-8,12,17H,9H2,1-3H3. The van der Waals surface area contributed by atoms with E-state index in [4.69, 9.17) is 4.74 Å². The molecule has 0 aliphatic carbocycles. The third-order valence-corrected chi connectivity index (χ3v) is 3.67. The zero-order chi connectivity index (χ0) is 14.9. The van der Waals surface area contributed by atoms with Crippen molar-refractivity contribution in [3.8, 4) is 0 Å². The number of carbonyl (C=O) groups excluding carboxylic acids is 2. The van der Waals surface area contributed by atoms with E-state index in [2.05, 4.69) is 0 Å². The van der Waals surface area contributed by atoms with Crippen LogP contribution in [0, 0.1) is 0 Å². The number of ether oxygens (including phenoxy) is 1. The van der Waals surface area contributed by atoms with Crippen LogP contribution in [0.25, 0.3) is 0 Å². The van der Waals surface area contributed by atoms with E-state index < -0.39 is 17.7 Å². The highest BCUT2D eigenvalue weighted by Gasteiger charge is 2.40. The van der Waals surface area contributed by atoms with E-state index in [1.54, 1.807) is 45.0 Å². The van der Waals surface area contributed by atoms with Crippen molar-refractivity contribution in [3.63, 3.8) is 0 Å². The average Bonchev–Trinajstić information content (AvgIpc) is 2.59. The molecule has 0 fully saturated rings. The molecule has 1 aromatic rings. The SMILES string of the molecule is CC1=C(C(=O)CC(O)c2ccccc2)C(=O)OC1(C)C. The fraction of sp³-hybridized carbons (Fsp3) is 0.375. The van der Waals surface area contributed by atoms with Crippen molar-refractivity contribution in [2.75, 3.05) is 0 Å². The number of benzene rings is 1. The summed E-state index contributed by atoms with van der Waals surface area (Å²) in [6.07, 6.45) is -1.04. The van der Waals surface area contributed by atoms with Crippen LogP contribution in [0.2, 0.25) is 0 Å². The highest BCUT2D eigenvalue weighted by molar-refractivity contribution is 6.19. The molecule has 0 spiro atoms. The fourth-order valence-electron chi connectivity index (χ4n) is 2.21. The molecule has 0 saturated carbocycles. The average molecular weight is 274 g/mol. The van der Waals surface area contributed by atoms with Gasteiger partial charge in [0.05, 0.1) is 6.10 Å². The summed E-state index contributed by atoms with van der Waals surface area (Å²) in [7, 11) is 0. The second-order valence-electron chi connectivity index (χ2n) is 5.45. The van der Waals surface area contributed by atoms with Gasteiger partial charge in [-0.15, -0.1) is 0 Å². The lowest BCUT2D eigenvalue weighted by molar-refractivity contribution is -0.145. The number of cyclic esters (lactones) is 1. The van der Waals surface area contributed by atoms with Crippen molar-refractivity contribution < 1.29 is 19.4 Å². The summed E-state index contributed by atoms with van der Waals surface area (Å²) >= 11 is 0. The summed E-state index contributed by atoms with van der Waals surface area (Å²) in [4.78, 5) is 24.0. The Bertz CT molecular complexity index is 569. The number of rotatable bonds is 4. The first-order chi connectivity index (χ1) is 9.33. The molecule has 2 rings (SSSR count). The molecule has 0 amide bonds. The van der Waals surface area contributed by atoms with Crippen LogP contribution in [0.5, 0.6) is 0 Å². The van der Waals surface area contributed by atoms with E-state index in [9.17, 15) is 14.7 Å². The first kappa shape index (κ1) is 14.5. The highest BCUT2D eigenvalue weighted by atomic mass is 16.6. The normalized spacial score (nSPS) is 18.9. The van der Waals surface area contributed by atoms with Crippen molar-refractivity contribution in [1.29, 1.82) is 0 Å². The third kappa shape index (κ3) is 2.65. The summed E-state index contributed by atoms with van der Waals surface area (Å²) < 4.78 is 5.17. The van der Waals surface area contributed by atoms with Gasteiger partial charge in [-0.1, -0.05) is 30.3 Å². The lowest BCUT2D eigenvalue weighted by Gasteiger charge is -2.18. The topological polar surface area (TPSA) is 63.6 Å². The number of carbonyl (C=O) groups is 2. The summed E-state index contributed by atoms with van der Waals surface area (Å²) in [6.45, 7) is 5.20. The molecule has 1 aliphatic heterocycles. The van der Waals surface area contributed by atoms with Crippen LogP contribution in [-0.2, 0) is 14.3 Å². The van der Waals surface area contributed by atoms with Gasteiger partial charge >= 0.3 is 5.97 Å². The van der Waals surface area contributed by atoms with E-state index in [1.165, 1.54) is 0 Å². The lowest BCUT2D eigenvalue weighted by Crippen LogP contribution is -2.21. The maximum absolute atomic E-state index is 12.2. The van der Waals surface area contributed by atoms with Crippen LogP contribution in [0.1, 0.15) is 38.9 Å². The molecule has 1 atom stereocenters. The van der Waals surface area contributed by atoms with E-state index in [1.807, 2.05) is 6.07 Å². The Kier molecular flexibility index (Phi) is 3.77. The van der Waals surface area contributed by atoms with Gasteiger partial charge in [0.15, 0.2) is 5.78 Å². The predicted octanol–water partition coefficient (Wildman–Crippen LogP) is 2.33. The molecule has 1 aromatic carbocycles. The number of hydrogen-bond donors (Lipinski definition) is 1. The van der Waals surface area contributed by atoms with Gasteiger partial charge in [0.1, 0.15) is 11.2 Å². The first-order valence-corrected chi connectivity index (χ1v) is 6.54. The van der Waals surface area contributed by atoms with Crippen molar-refractivity contribution >= 4 is 11.8 Å². The van der Waals surface area contributed by atoms with Crippen LogP contribution in [-0.4, -0.2) is 22.5 Å². The molecule has 4 heteroatoms. The molecule has 1 unspecified atom stereocenters. The number of aliphatic hydroxyl groups is 1. The molecule has 0 aromatic heterocycles. The van der Waals surface area contributed by atoms with Gasteiger partial charge < -0.3 is 9.84 Å². The number of aliphatic hydroxyl groups excluding tert-OH is 1. The maximum atomic E-state index is 12.2. The second kappa shape index (κ2) is 5.21. The van der Waals surface area contributed by atoms with E-state index in [-0.39, 0.29) is 17.8 Å². The Balaban J connectivity index is 2.17. The molecule has 1 aliphatic rings. The van der Waals surface area contributed by atoms with Gasteiger partial charge in [0, 0.05) is 6.42 Å². The summed E-state index contributed by atoms with van der Waals surface area (Å²) in [5.74, 6) is -0.979. The molecule has 0 radical (unpaired) electrons. The Morgan fingerprint density at radius 2 is 1.90 bits per heavy atom. The Morgan fingerprint density at radius 1 is 1.30 bits per heavy atom. The minimum Gasteiger partial charge on any atom is -0.451 e. The lowest BCUT2D eigenvalue weighted by atomic mass is 9.93. The van der Waals surface area contributed by atoms with Crippen molar-refractivity contribution in [1.82, 2.24) is 0 Å². The zero-order valence-corrected chi connectivity index (χ0v) is 11.8. The number of Topliss-reactive ketones (excluding diaryl/α,β-unsaturated/α-hetero) is 1. The molecule has 0 bridgehead atoms. The molecule has 4 nitrogen and oxygen atoms in total. The van der Waals surface area contributed by atoms with Crippen LogP contribution < -0.4 is 0 Å². The Hall–Kier alpha value is -1.94. The zero-order valence-electron chi connectivity index (χ0n) is 11.8. The minimum absolute atomic E-state index is 0.0741. The predicted molar refractivity (Wildman–Crippen MR) is 73.9 cm³/mol. The van der Waals surface area contributed by atoms with Gasteiger partial charge in [-0.2, -0.15) is 0 Å². The van der Waals surface area contributed by atoms with Crippen LogP contribution in [0.3, 0.4) is 0 Å².